The maximum Gasteiger partial charge on any atom is 0.256 e. The first kappa shape index (κ1) is 17.7. The van der Waals surface area contributed by atoms with Gasteiger partial charge in [-0.3, -0.25) is 9.59 Å². The van der Waals surface area contributed by atoms with Crippen LogP contribution >= 0.6 is 0 Å². The SMILES string of the molecule is Cc1ccn(CC(C)(O)C(=O)N2CCCOC(C)(C)C2)c(=O)c1. The van der Waals surface area contributed by atoms with E-state index in [-0.39, 0.29) is 18.0 Å². The highest BCUT2D eigenvalue weighted by molar-refractivity contribution is 5.84. The molecule has 1 unspecified atom stereocenters. The standard InChI is InChI=1S/C17H26N2O4/c1-13-6-8-18(14(20)10-13)12-17(4,22)15(21)19-7-5-9-23-16(2,3)11-19/h6,8,10,22H,5,7,9,11-12H2,1-4H3. The van der Waals surface area contributed by atoms with Crippen molar-refractivity contribution < 1.29 is 14.6 Å². The number of carbonyl (C=O) groups is 1. The predicted octanol–water partition coefficient (Wildman–Crippen LogP) is 0.935. The molecule has 1 aliphatic rings. The van der Waals surface area contributed by atoms with Crippen LogP contribution in [0.25, 0.3) is 0 Å². The number of aromatic nitrogens is 1. The zero-order valence-corrected chi connectivity index (χ0v) is 14.3. The monoisotopic (exact) mass is 322 g/mol. The molecule has 0 aromatic carbocycles. The van der Waals surface area contributed by atoms with Crippen molar-refractivity contribution in [1.82, 2.24) is 9.47 Å². The highest BCUT2D eigenvalue weighted by Gasteiger charge is 2.38. The van der Waals surface area contributed by atoms with Crippen LogP contribution < -0.4 is 5.56 Å². The molecule has 0 saturated carbocycles. The molecule has 0 radical (unpaired) electrons. The fourth-order valence-electron chi connectivity index (χ4n) is 2.84. The van der Waals surface area contributed by atoms with Gasteiger partial charge in [-0.2, -0.15) is 0 Å². The van der Waals surface area contributed by atoms with Crippen LogP contribution in [-0.4, -0.2) is 51.4 Å². The van der Waals surface area contributed by atoms with Gasteiger partial charge in [0.15, 0.2) is 5.60 Å². The second-order valence-corrected chi connectivity index (χ2v) is 7.13. The summed E-state index contributed by atoms with van der Waals surface area (Å²) in [4.78, 5) is 26.4. The number of hydrogen-bond acceptors (Lipinski definition) is 4. The molecular formula is C17H26N2O4. The molecule has 6 heteroatoms. The Kier molecular flexibility index (Phi) is 4.96. The van der Waals surface area contributed by atoms with E-state index in [0.717, 1.165) is 12.0 Å². The number of hydrogen-bond donors (Lipinski definition) is 1. The van der Waals surface area contributed by atoms with Crippen LogP contribution in [0.1, 0.15) is 32.8 Å². The normalized spacial score (nSPS) is 20.7. The number of carbonyl (C=O) groups excluding carboxylic acids is 1. The average molecular weight is 322 g/mol. The summed E-state index contributed by atoms with van der Waals surface area (Å²) in [7, 11) is 0. The molecule has 0 bridgehead atoms. The number of pyridine rings is 1. The van der Waals surface area contributed by atoms with E-state index in [1.807, 2.05) is 20.8 Å². The minimum atomic E-state index is -1.64. The molecule has 1 fully saturated rings. The Hall–Kier alpha value is -1.66. The van der Waals surface area contributed by atoms with E-state index in [4.69, 9.17) is 4.74 Å². The maximum absolute atomic E-state index is 12.7. The Morgan fingerprint density at radius 1 is 1.48 bits per heavy atom. The Morgan fingerprint density at radius 2 is 2.17 bits per heavy atom. The quantitative estimate of drug-likeness (QED) is 0.899. The number of nitrogens with zero attached hydrogens (tertiary/aromatic N) is 2. The first-order chi connectivity index (χ1) is 10.6. The maximum atomic E-state index is 12.7. The molecule has 1 N–H and O–H groups in total. The summed E-state index contributed by atoms with van der Waals surface area (Å²) < 4.78 is 7.07. The van der Waals surface area contributed by atoms with Gasteiger partial charge in [0.25, 0.3) is 11.5 Å². The van der Waals surface area contributed by atoms with E-state index in [9.17, 15) is 14.7 Å². The minimum Gasteiger partial charge on any atom is -0.378 e. The van der Waals surface area contributed by atoms with Gasteiger partial charge in [-0.1, -0.05) is 0 Å². The van der Waals surface area contributed by atoms with Gasteiger partial charge < -0.3 is 19.3 Å². The molecule has 0 spiro atoms. The lowest BCUT2D eigenvalue weighted by atomic mass is 10.0. The highest BCUT2D eigenvalue weighted by Crippen LogP contribution is 2.20. The van der Waals surface area contributed by atoms with Crippen LogP contribution in [-0.2, 0) is 16.1 Å². The van der Waals surface area contributed by atoms with Crippen molar-refractivity contribution in [3.05, 3.63) is 34.2 Å². The fraction of sp³-hybridized carbons (Fsp3) is 0.647. The third-order valence-electron chi connectivity index (χ3n) is 4.01. The second kappa shape index (κ2) is 6.45. The Balaban J connectivity index is 2.17. The van der Waals surface area contributed by atoms with Crippen molar-refractivity contribution in [3.63, 3.8) is 0 Å². The lowest BCUT2D eigenvalue weighted by Crippen LogP contribution is -2.53. The number of aryl methyl sites for hydroxylation is 1. The zero-order chi connectivity index (χ0) is 17.3. The zero-order valence-electron chi connectivity index (χ0n) is 14.3. The summed E-state index contributed by atoms with van der Waals surface area (Å²) in [5, 5.41) is 10.7. The molecule has 1 atom stereocenters. The molecular weight excluding hydrogens is 296 g/mol. The van der Waals surface area contributed by atoms with E-state index >= 15 is 0 Å². The van der Waals surface area contributed by atoms with Crippen molar-refractivity contribution in [2.75, 3.05) is 19.7 Å². The summed E-state index contributed by atoms with van der Waals surface area (Å²) in [5.41, 5.74) is -1.45. The van der Waals surface area contributed by atoms with Gasteiger partial charge in [-0.05, 0) is 45.7 Å². The van der Waals surface area contributed by atoms with Crippen molar-refractivity contribution in [2.45, 2.75) is 51.9 Å². The number of rotatable bonds is 3. The first-order valence-corrected chi connectivity index (χ1v) is 7.94. The largest absolute Gasteiger partial charge is 0.378 e. The molecule has 2 heterocycles. The Bertz CT molecular complexity index is 634. The number of aliphatic hydroxyl groups is 1. The van der Waals surface area contributed by atoms with Crippen LogP contribution in [0.15, 0.2) is 23.1 Å². The van der Waals surface area contributed by atoms with Gasteiger partial charge in [-0.15, -0.1) is 0 Å². The molecule has 0 aliphatic carbocycles. The van der Waals surface area contributed by atoms with Crippen molar-refractivity contribution in [3.8, 4) is 0 Å². The van der Waals surface area contributed by atoms with E-state index in [0.29, 0.717) is 19.7 Å². The third kappa shape index (κ3) is 4.42. The lowest BCUT2D eigenvalue weighted by Gasteiger charge is -2.34. The molecule has 2 rings (SSSR count). The van der Waals surface area contributed by atoms with E-state index in [1.54, 1.807) is 17.2 Å². The Morgan fingerprint density at radius 3 is 2.83 bits per heavy atom. The Labute approximate surface area is 136 Å². The minimum absolute atomic E-state index is 0.0667. The van der Waals surface area contributed by atoms with Gasteiger partial charge in [-0.25, -0.2) is 0 Å². The predicted molar refractivity (Wildman–Crippen MR) is 87.3 cm³/mol. The van der Waals surface area contributed by atoms with Crippen LogP contribution in [0.3, 0.4) is 0 Å². The van der Waals surface area contributed by atoms with E-state index < -0.39 is 11.2 Å². The van der Waals surface area contributed by atoms with Crippen molar-refractivity contribution >= 4 is 5.91 Å². The smallest absolute Gasteiger partial charge is 0.256 e. The summed E-state index contributed by atoms with van der Waals surface area (Å²) in [5.74, 6) is -0.372. The second-order valence-electron chi connectivity index (χ2n) is 7.13. The summed E-state index contributed by atoms with van der Waals surface area (Å²) in [6.07, 6.45) is 2.34. The molecule has 128 valence electrons. The highest BCUT2D eigenvalue weighted by atomic mass is 16.5. The summed E-state index contributed by atoms with van der Waals surface area (Å²) in [6.45, 7) is 8.63. The van der Waals surface area contributed by atoms with Gasteiger partial charge >= 0.3 is 0 Å². The molecule has 1 aliphatic heterocycles. The van der Waals surface area contributed by atoms with Gasteiger partial charge in [0.2, 0.25) is 0 Å². The van der Waals surface area contributed by atoms with Gasteiger partial charge in [0, 0.05) is 32.0 Å². The molecule has 1 amide bonds. The molecule has 6 nitrogen and oxygen atoms in total. The molecule has 1 saturated heterocycles. The lowest BCUT2D eigenvalue weighted by molar-refractivity contribution is -0.153. The summed E-state index contributed by atoms with van der Waals surface area (Å²) >= 11 is 0. The topological polar surface area (TPSA) is 71.8 Å². The van der Waals surface area contributed by atoms with E-state index in [2.05, 4.69) is 0 Å². The van der Waals surface area contributed by atoms with Crippen molar-refractivity contribution in [2.24, 2.45) is 0 Å². The van der Waals surface area contributed by atoms with E-state index in [1.165, 1.54) is 17.6 Å². The molecule has 1 aromatic rings. The first-order valence-electron chi connectivity index (χ1n) is 7.94. The van der Waals surface area contributed by atoms with Crippen LogP contribution in [0.2, 0.25) is 0 Å². The molecule has 23 heavy (non-hydrogen) atoms. The number of amides is 1. The summed E-state index contributed by atoms with van der Waals surface area (Å²) in [6, 6.07) is 3.27. The number of ether oxygens (including phenoxy) is 1. The van der Waals surface area contributed by atoms with Gasteiger partial charge in [0.05, 0.1) is 12.1 Å². The van der Waals surface area contributed by atoms with Crippen molar-refractivity contribution in [1.29, 1.82) is 0 Å². The molecule has 1 aromatic heterocycles. The van der Waals surface area contributed by atoms with Crippen LogP contribution in [0.5, 0.6) is 0 Å². The van der Waals surface area contributed by atoms with Gasteiger partial charge in [0.1, 0.15) is 0 Å². The van der Waals surface area contributed by atoms with Crippen LogP contribution in [0, 0.1) is 6.92 Å². The average Bonchev–Trinajstić information content (AvgIpc) is 2.62. The fourth-order valence-corrected chi connectivity index (χ4v) is 2.84. The van der Waals surface area contributed by atoms with Crippen LogP contribution in [0.4, 0.5) is 0 Å². The third-order valence-corrected chi connectivity index (χ3v) is 4.01.